The highest BCUT2D eigenvalue weighted by Crippen LogP contribution is 2.26. The first kappa shape index (κ1) is 21.4. The Morgan fingerprint density at radius 1 is 0.963 bits per heavy atom. The Labute approximate surface area is 167 Å². The Morgan fingerprint density at radius 3 is 2.44 bits per heavy atom. The molecule has 0 saturated heterocycles. The van der Waals surface area contributed by atoms with Crippen molar-refractivity contribution in [2.45, 2.75) is 65.2 Å². The third-order valence-corrected chi connectivity index (χ3v) is 5.40. The van der Waals surface area contributed by atoms with Gasteiger partial charge in [0, 0.05) is 0 Å². The minimum Gasteiger partial charge on any atom is -0.395 e. The van der Waals surface area contributed by atoms with E-state index in [2.05, 4.69) is 31.1 Å². The summed E-state index contributed by atoms with van der Waals surface area (Å²) < 4.78 is 0. The SMILES string of the molecule is CCCCCCC(=NOCCCCC)C(=O)c1cc(-c2ccccc2)cs1. The van der Waals surface area contributed by atoms with Crippen LogP contribution in [0.1, 0.15) is 74.9 Å². The Balaban J connectivity index is 2.05. The van der Waals surface area contributed by atoms with E-state index in [1.54, 1.807) is 0 Å². The molecular weight excluding hydrogens is 354 g/mol. The fraction of sp³-hybridized carbons (Fsp3) is 0.478. The molecule has 2 aromatic rings. The molecule has 1 heterocycles. The van der Waals surface area contributed by atoms with Crippen LogP contribution < -0.4 is 0 Å². The zero-order valence-corrected chi connectivity index (χ0v) is 17.4. The van der Waals surface area contributed by atoms with E-state index >= 15 is 0 Å². The average molecular weight is 386 g/mol. The quantitative estimate of drug-likeness (QED) is 0.159. The molecule has 1 aromatic carbocycles. The van der Waals surface area contributed by atoms with E-state index in [4.69, 9.17) is 4.84 Å². The Hall–Kier alpha value is -1.94. The van der Waals surface area contributed by atoms with Gasteiger partial charge >= 0.3 is 0 Å². The number of Topliss-reactive ketones (excluding diaryl/α,β-unsaturated/α-hetero) is 1. The van der Waals surface area contributed by atoms with Gasteiger partial charge in [-0.25, -0.2) is 0 Å². The summed E-state index contributed by atoms with van der Waals surface area (Å²) >= 11 is 1.49. The zero-order valence-electron chi connectivity index (χ0n) is 16.6. The first-order valence-corrected chi connectivity index (χ1v) is 11.0. The van der Waals surface area contributed by atoms with Gasteiger partial charge in [-0.15, -0.1) is 11.3 Å². The lowest BCUT2D eigenvalue weighted by Crippen LogP contribution is -2.14. The molecule has 0 aliphatic heterocycles. The molecule has 146 valence electrons. The molecular formula is C23H31NO2S. The van der Waals surface area contributed by atoms with Crippen LogP contribution in [0.5, 0.6) is 0 Å². The van der Waals surface area contributed by atoms with Crippen molar-refractivity contribution in [1.82, 2.24) is 0 Å². The molecule has 0 bridgehead atoms. The molecule has 0 radical (unpaired) electrons. The molecule has 27 heavy (non-hydrogen) atoms. The van der Waals surface area contributed by atoms with Crippen LogP contribution in [-0.2, 0) is 4.84 Å². The van der Waals surface area contributed by atoms with Gasteiger partial charge in [0.25, 0.3) is 0 Å². The van der Waals surface area contributed by atoms with Crippen LogP contribution in [0, 0.1) is 0 Å². The minimum absolute atomic E-state index is 0.00849. The van der Waals surface area contributed by atoms with Gasteiger partial charge < -0.3 is 4.84 Å². The van der Waals surface area contributed by atoms with Crippen LogP contribution in [-0.4, -0.2) is 18.1 Å². The summed E-state index contributed by atoms with van der Waals surface area (Å²) in [5.41, 5.74) is 2.77. The van der Waals surface area contributed by atoms with Crippen molar-refractivity contribution in [3.05, 3.63) is 46.7 Å². The van der Waals surface area contributed by atoms with Crippen molar-refractivity contribution in [2.24, 2.45) is 5.16 Å². The molecule has 3 nitrogen and oxygen atoms in total. The number of ketones is 1. The number of carbonyl (C=O) groups excluding carboxylic acids is 1. The van der Waals surface area contributed by atoms with Gasteiger partial charge in [0.05, 0.1) is 4.88 Å². The molecule has 0 unspecified atom stereocenters. The molecule has 0 atom stereocenters. The summed E-state index contributed by atoms with van der Waals surface area (Å²) in [6.07, 6.45) is 8.41. The highest BCUT2D eigenvalue weighted by Gasteiger charge is 2.17. The fourth-order valence-electron chi connectivity index (χ4n) is 2.84. The third-order valence-electron chi connectivity index (χ3n) is 4.47. The summed E-state index contributed by atoms with van der Waals surface area (Å²) in [4.78, 5) is 19.2. The van der Waals surface area contributed by atoms with Crippen LogP contribution >= 0.6 is 11.3 Å². The van der Waals surface area contributed by atoms with Gasteiger partial charge in [-0.1, -0.05) is 81.4 Å². The lowest BCUT2D eigenvalue weighted by Gasteiger charge is -2.05. The zero-order chi connectivity index (χ0) is 19.3. The molecule has 0 aliphatic rings. The molecule has 1 aromatic heterocycles. The summed E-state index contributed by atoms with van der Waals surface area (Å²) in [5.74, 6) is 0.00849. The van der Waals surface area contributed by atoms with E-state index in [-0.39, 0.29) is 5.78 Å². The van der Waals surface area contributed by atoms with Crippen LogP contribution in [0.15, 0.2) is 46.9 Å². The molecule has 4 heteroatoms. The van der Waals surface area contributed by atoms with E-state index < -0.39 is 0 Å². The Kier molecular flexibility index (Phi) is 9.85. The van der Waals surface area contributed by atoms with Crippen molar-refractivity contribution < 1.29 is 9.63 Å². The number of carbonyl (C=O) groups is 1. The predicted molar refractivity (Wildman–Crippen MR) is 116 cm³/mol. The largest absolute Gasteiger partial charge is 0.395 e. The number of unbranched alkanes of at least 4 members (excludes halogenated alkanes) is 5. The molecule has 0 spiro atoms. The van der Waals surface area contributed by atoms with Crippen LogP contribution in [0.4, 0.5) is 0 Å². The second-order valence-corrected chi connectivity index (χ2v) is 7.69. The summed E-state index contributed by atoms with van der Waals surface area (Å²) in [6.45, 7) is 4.93. The van der Waals surface area contributed by atoms with Crippen molar-refractivity contribution in [3.8, 4) is 11.1 Å². The van der Waals surface area contributed by atoms with Gasteiger partial charge in [0.2, 0.25) is 5.78 Å². The van der Waals surface area contributed by atoms with Crippen molar-refractivity contribution in [2.75, 3.05) is 6.61 Å². The second kappa shape index (κ2) is 12.4. The maximum absolute atomic E-state index is 13.0. The molecule has 2 rings (SSSR count). The van der Waals surface area contributed by atoms with Crippen molar-refractivity contribution >= 4 is 22.8 Å². The average Bonchev–Trinajstić information content (AvgIpc) is 3.20. The van der Waals surface area contributed by atoms with Gasteiger partial charge in [0.1, 0.15) is 12.3 Å². The van der Waals surface area contributed by atoms with Crippen LogP contribution in [0.2, 0.25) is 0 Å². The van der Waals surface area contributed by atoms with E-state index in [9.17, 15) is 4.79 Å². The van der Waals surface area contributed by atoms with Gasteiger partial charge in [-0.3, -0.25) is 4.79 Å². The normalized spacial score (nSPS) is 11.6. The van der Waals surface area contributed by atoms with E-state index in [0.717, 1.165) is 48.1 Å². The monoisotopic (exact) mass is 385 g/mol. The number of benzene rings is 1. The van der Waals surface area contributed by atoms with Gasteiger partial charge in [-0.2, -0.15) is 0 Å². The highest BCUT2D eigenvalue weighted by atomic mass is 32.1. The topological polar surface area (TPSA) is 38.7 Å². The number of thiophene rings is 1. The number of hydrogen-bond acceptors (Lipinski definition) is 4. The van der Waals surface area contributed by atoms with Crippen LogP contribution in [0.3, 0.4) is 0 Å². The lowest BCUT2D eigenvalue weighted by molar-refractivity contribution is 0.104. The summed E-state index contributed by atoms with van der Waals surface area (Å²) in [6, 6.07) is 12.1. The first-order valence-electron chi connectivity index (χ1n) is 10.1. The van der Waals surface area contributed by atoms with E-state index in [1.165, 1.54) is 24.2 Å². The Bertz CT molecular complexity index is 706. The highest BCUT2D eigenvalue weighted by molar-refractivity contribution is 7.13. The standard InChI is InChI=1S/C23H31NO2S/c1-3-5-7-11-15-21(24-26-16-12-6-4-2)23(25)22-17-20(18-27-22)19-13-9-8-10-14-19/h8-10,13-14,17-18H,3-7,11-12,15-16H2,1-2H3. The second-order valence-electron chi connectivity index (χ2n) is 6.78. The summed E-state index contributed by atoms with van der Waals surface area (Å²) in [7, 11) is 0. The van der Waals surface area contributed by atoms with Crippen molar-refractivity contribution in [1.29, 1.82) is 0 Å². The third kappa shape index (κ3) is 7.30. The Morgan fingerprint density at radius 2 is 1.70 bits per heavy atom. The van der Waals surface area contributed by atoms with Crippen LogP contribution in [0.25, 0.3) is 11.1 Å². The fourth-order valence-corrected chi connectivity index (χ4v) is 3.72. The molecule has 0 aliphatic carbocycles. The molecule has 0 saturated carbocycles. The number of nitrogens with zero attached hydrogens (tertiary/aromatic N) is 1. The lowest BCUT2D eigenvalue weighted by atomic mass is 10.0. The van der Waals surface area contributed by atoms with Gasteiger partial charge in [-0.05, 0) is 41.8 Å². The minimum atomic E-state index is 0.00849. The predicted octanol–water partition coefficient (Wildman–Crippen LogP) is 7.13. The summed E-state index contributed by atoms with van der Waals surface area (Å²) in [5, 5.41) is 6.27. The molecule has 0 amide bonds. The number of rotatable bonds is 13. The van der Waals surface area contributed by atoms with Crippen molar-refractivity contribution in [3.63, 3.8) is 0 Å². The maximum Gasteiger partial charge on any atom is 0.220 e. The smallest absolute Gasteiger partial charge is 0.220 e. The van der Waals surface area contributed by atoms with Gasteiger partial charge in [0.15, 0.2) is 0 Å². The first-order chi connectivity index (χ1) is 13.3. The van der Waals surface area contributed by atoms with E-state index in [0.29, 0.717) is 18.7 Å². The maximum atomic E-state index is 13.0. The van der Waals surface area contributed by atoms with E-state index in [1.807, 2.05) is 29.6 Å². The number of hydrogen-bond donors (Lipinski definition) is 0. The molecule has 0 N–H and O–H groups in total. The molecule has 0 fully saturated rings. The number of oxime groups is 1.